The maximum atomic E-state index is 12.8. The first kappa shape index (κ1) is 23.4. The van der Waals surface area contributed by atoms with E-state index < -0.39 is 47.7 Å². The molecule has 1 N–H and O–H groups in total. The molecule has 0 amide bonds. The summed E-state index contributed by atoms with van der Waals surface area (Å²) in [5.74, 6) is -52.8. The Morgan fingerprint density at radius 1 is 0.480 bits per heavy atom. The predicted octanol–water partition coefficient (Wildman–Crippen LogP) is 4.45. The van der Waals surface area contributed by atoms with E-state index in [0.29, 0.717) is 0 Å². The zero-order valence-electron chi connectivity index (χ0n) is 10.5. The van der Waals surface area contributed by atoms with E-state index in [4.69, 9.17) is 5.11 Å². The molecule has 150 valence electrons. The van der Waals surface area contributed by atoms with Crippen LogP contribution >= 0.6 is 0 Å². The third kappa shape index (κ3) is 2.74. The Morgan fingerprint density at radius 2 is 0.720 bits per heavy atom. The number of hydrogen-bond acceptors (Lipinski definition) is 1. The quantitative estimate of drug-likeness (QED) is 0.671. The topological polar surface area (TPSA) is 37.3 Å². The highest BCUT2D eigenvalue weighted by Crippen LogP contribution is 2.62. The molecule has 2 nitrogen and oxygen atoms in total. The second-order valence-corrected chi connectivity index (χ2v) is 4.25. The number of rotatable bonds is 6. The Balaban J connectivity index is 6.55. The molecule has 0 rings (SSSR count). The largest absolute Gasteiger partial charge is 0.477 e. The molecule has 0 saturated heterocycles. The third-order valence-electron chi connectivity index (χ3n) is 2.60. The van der Waals surface area contributed by atoms with E-state index in [1.807, 2.05) is 0 Å². The second-order valence-electron chi connectivity index (χ2n) is 4.25. The van der Waals surface area contributed by atoms with E-state index in [0.717, 1.165) is 0 Å². The van der Waals surface area contributed by atoms with Crippen molar-refractivity contribution in [3.8, 4) is 0 Å². The van der Waals surface area contributed by atoms with Crippen LogP contribution < -0.4 is 0 Å². The molecule has 0 radical (unpaired) electrons. The summed E-state index contributed by atoms with van der Waals surface area (Å²) in [4.78, 5) is 9.72. The van der Waals surface area contributed by atoms with E-state index in [1.165, 1.54) is 0 Å². The predicted molar refractivity (Wildman–Crippen MR) is 43.4 cm³/mol. The Morgan fingerprint density at radius 3 is 0.960 bits per heavy atom. The molecule has 0 aromatic heterocycles. The SMILES string of the molecule is O=C(O)C([18F])([18F])C([18F])([18F])C([18F])([18F])C([18F])([18F])C([18F])([18F])C([18F])([18F])C([18F])([18F])[18F]. The van der Waals surface area contributed by atoms with Gasteiger partial charge in [-0.3, -0.25) is 0 Å². The lowest BCUT2D eigenvalue weighted by Crippen LogP contribution is -2.73. The van der Waals surface area contributed by atoms with E-state index >= 15 is 0 Å². The lowest BCUT2D eigenvalue weighted by Gasteiger charge is -2.40. The Hall–Kier alpha value is -1.58. The summed E-state index contributed by atoms with van der Waals surface area (Å²) >= 11 is 0. The van der Waals surface area contributed by atoms with Crippen LogP contribution in [0.3, 0.4) is 0 Å². The van der Waals surface area contributed by atoms with Crippen molar-refractivity contribution in [1.29, 1.82) is 0 Å². The van der Waals surface area contributed by atoms with Crippen molar-refractivity contribution >= 4 is 5.97 Å². The van der Waals surface area contributed by atoms with Gasteiger partial charge in [0.25, 0.3) is 0 Å². The van der Waals surface area contributed by atoms with Gasteiger partial charge in [0.05, 0.1) is 0 Å². The van der Waals surface area contributed by atoms with Crippen molar-refractivity contribution < 1.29 is 75.8 Å². The van der Waals surface area contributed by atoms with Crippen LogP contribution in [-0.4, -0.2) is 52.8 Å². The smallest absolute Gasteiger partial charge is 0.460 e. The molecule has 0 aliphatic heterocycles. The van der Waals surface area contributed by atoms with Crippen LogP contribution in [0.1, 0.15) is 0 Å². The van der Waals surface area contributed by atoms with Gasteiger partial charge in [0.15, 0.2) is 0 Å². The van der Waals surface area contributed by atoms with Crippen molar-refractivity contribution in [3.05, 3.63) is 0 Å². The first-order valence-corrected chi connectivity index (χ1v) is 5.01. The van der Waals surface area contributed by atoms with Crippen LogP contribution in [-0.2, 0) is 4.79 Å². The second kappa shape index (κ2) is 5.46. The number of alkyl halides is 15. The van der Waals surface area contributed by atoms with Crippen molar-refractivity contribution in [2.24, 2.45) is 0 Å². The van der Waals surface area contributed by atoms with Gasteiger partial charge in [0.1, 0.15) is 0 Å². The maximum absolute atomic E-state index is 12.8. The summed E-state index contributed by atoms with van der Waals surface area (Å²) in [6.45, 7) is 0. The maximum Gasteiger partial charge on any atom is 0.460 e. The van der Waals surface area contributed by atoms with Crippen LogP contribution in [0, 0.1) is 0 Å². The molecule has 0 heterocycles. The lowest BCUT2D eigenvalue weighted by atomic mass is 9.88. The number of hydrogen-bond donors (Lipinski definition) is 1. The minimum Gasteiger partial charge on any atom is -0.477 e. The summed E-state index contributed by atoms with van der Waals surface area (Å²) < 4.78 is 187. The zero-order valence-corrected chi connectivity index (χ0v) is 10.5. The summed E-state index contributed by atoms with van der Waals surface area (Å²) in [5.41, 5.74) is 0. The molecule has 0 aliphatic rings. The number of halogens is 15. The van der Waals surface area contributed by atoms with E-state index in [1.54, 1.807) is 0 Å². The highest BCUT2D eigenvalue weighted by Gasteiger charge is 2.94. The molecule has 0 spiro atoms. The fourth-order valence-electron chi connectivity index (χ4n) is 1.10. The van der Waals surface area contributed by atoms with Crippen molar-refractivity contribution in [1.82, 2.24) is 0 Å². The zero-order chi connectivity index (χ0) is 21.1. The van der Waals surface area contributed by atoms with Gasteiger partial charge in [-0.2, -0.15) is 65.9 Å². The van der Waals surface area contributed by atoms with Gasteiger partial charge < -0.3 is 5.11 Å². The van der Waals surface area contributed by atoms with Crippen molar-refractivity contribution in [2.45, 2.75) is 41.7 Å². The first-order valence-electron chi connectivity index (χ1n) is 5.01. The molecule has 25 heavy (non-hydrogen) atoms. The molecule has 0 bridgehead atoms. The summed E-state index contributed by atoms with van der Waals surface area (Å²) in [5, 5.41) is 7.57. The standard InChI is InChI=1S/C8HF15O2/c9-2(10,1(24)25)3(11,12)4(13,14)5(15,16)6(17,18)7(19,20)8(21,22)23/h(H,24,25)/i9-1,10-1,11-1,12-1,13-1,14-1,15-1,16-1,17-1,18-1,19-1,20-1,21-1,22-1,23-1. The fraction of sp³-hybridized carbons (Fsp3) is 0.875. The fourth-order valence-corrected chi connectivity index (χ4v) is 1.10. The van der Waals surface area contributed by atoms with Crippen LogP contribution in [0.15, 0.2) is 0 Å². The minimum atomic E-state index is -8.47. The number of carboxylic acid groups (broad SMARTS) is 1. The molecule has 17 heteroatoms. The van der Waals surface area contributed by atoms with Crippen molar-refractivity contribution in [2.75, 3.05) is 0 Å². The average Bonchev–Trinajstić information content (AvgIpc) is 2.35. The normalized spacial score (nSPS) is 16.1. The monoisotopic (exact) mass is 399 g/mol. The number of carbonyl (C=O) groups is 1. The highest BCUT2D eigenvalue weighted by atomic mass is 18.5. The van der Waals surface area contributed by atoms with E-state index in [2.05, 4.69) is 0 Å². The van der Waals surface area contributed by atoms with E-state index in [9.17, 15) is 70.7 Å². The highest BCUT2D eigenvalue weighted by molar-refractivity contribution is 5.77. The molecule has 0 atom stereocenters. The first-order chi connectivity index (χ1) is 10.4. The minimum absolute atomic E-state index is 4.28. The van der Waals surface area contributed by atoms with Gasteiger partial charge >= 0.3 is 47.7 Å². The van der Waals surface area contributed by atoms with Crippen LogP contribution in [0.25, 0.3) is 0 Å². The Bertz CT molecular complexity index is 530. The Labute approximate surface area is 125 Å². The number of aliphatic carboxylic acids is 1. The molecular formula is C8HF15O2. The van der Waals surface area contributed by atoms with Gasteiger partial charge in [0, 0.05) is 0 Å². The lowest BCUT2D eigenvalue weighted by molar-refractivity contribution is -0.450. The van der Waals surface area contributed by atoms with Gasteiger partial charge in [-0.05, 0) is 0 Å². The third-order valence-corrected chi connectivity index (χ3v) is 2.60. The average molecular weight is 399 g/mol. The molecule has 0 aromatic carbocycles. The van der Waals surface area contributed by atoms with Gasteiger partial charge in [-0.1, -0.05) is 0 Å². The van der Waals surface area contributed by atoms with Crippen molar-refractivity contribution in [3.63, 3.8) is 0 Å². The van der Waals surface area contributed by atoms with Gasteiger partial charge in [-0.15, -0.1) is 0 Å². The molecular weight excluding hydrogens is 398 g/mol. The van der Waals surface area contributed by atoms with Crippen LogP contribution in [0.4, 0.5) is 65.9 Å². The van der Waals surface area contributed by atoms with E-state index in [-0.39, 0.29) is 0 Å². The molecule has 0 aromatic rings. The Kier molecular flexibility index (Phi) is 5.11. The summed E-state index contributed by atoms with van der Waals surface area (Å²) in [6, 6.07) is 0. The molecule has 0 fully saturated rings. The van der Waals surface area contributed by atoms with Gasteiger partial charge in [-0.25, -0.2) is 4.79 Å². The molecule has 0 aliphatic carbocycles. The number of carboxylic acids is 1. The summed E-state index contributed by atoms with van der Waals surface area (Å²) in [7, 11) is 0. The van der Waals surface area contributed by atoms with Crippen LogP contribution in [0.5, 0.6) is 0 Å². The summed E-state index contributed by atoms with van der Waals surface area (Å²) in [6.07, 6.45) is -7.69. The molecule has 0 saturated carbocycles. The van der Waals surface area contributed by atoms with Gasteiger partial charge in [0.2, 0.25) is 0 Å². The van der Waals surface area contributed by atoms with Crippen LogP contribution in [0.2, 0.25) is 0 Å². The molecule has 0 unspecified atom stereocenters.